The van der Waals surface area contributed by atoms with Crippen LogP contribution in [0.4, 0.5) is 4.39 Å². The number of para-hydroxylation sites is 1. The summed E-state index contributed by atoms with van der Waals surface area (Å²) >= 11 is 0. The van der Waals surface area contributed by atoms with E-state index < -0.39 is 11.4 Å². The summed E-state index contributed by atoms with van der Waals surface area (Å²) in [6.07, 6.45) is 0.445. The minimum Gasteiger partial charge on any atom is -0.493 e. The first-order valence-electron chi connectivity index (χ1n) is 7.45. The summed E-state index contributed by atoms with van der Waals surface area (Å²) in [7, 11) is 1.33. The van der Waals surface area contributed by atoms with Gasteiger partial charge in [-0.05, 0) is 24.1 Å². The molecule has 4 nitrogen and oxygen atoms in total. The van der Waals surface area contributed by atoms with Crippen LogP contribution in [0, 0.1) is 5.82 Å². The van der Waals surface area contributed by atoms with Crippen LogP contribution in [-0.2, 0) is 5.60 Å². The van der Waals surface area contributed by atoms with Gasteiger partial charge in [0.1, 0.15) is 5.60 Å². The van der Waals surface area contributed by atoms with Gasteiger partial charge in [0.2, 0.25) is 0 Å². The fourth-order valence-corrected chi connectivity index (χ4v) is 3.01. The molecule has 1 heterocycles. The van der Waals surface area contributed by atoms with E-state index in [-0.39, 0.29) is 23.8 Å². The average molecular weight is 315 g/mol. The highest BCUT2D eigenvalue weighted by atomic mass is 19.1. The van der Waals surface area contributed by atoms with Crippen LogP contribution in [0.15, 0.2) is 48.5 Å². The largest absolute Gasteiger partial charge is 0.493 e. The second kappa shape index (κ2) is 6.01. The van der Waals surface area contributed by atoms with Crippen LogP contribution in [-0.4, -0.2) is 36.1 Å². The fraction of sp³-hybridized carbons (Fsp3) is 0.278. The van der Waals surface area contributed by atoms with Gasteiger partial charge in [0, 0.05) is 6.54 Å². The van der Waals surface area contributed by atoms with Gasteiger partial charge < -0.3 is 14.7 Å². The predicted octanol–water partition coefficient (Wildman–Crippen LogP) is 2.57. The Morgan fingerprint density at radius 1 is 1.22 bits per heavy atom. The Kier molecular flexibility index (Phi) is 4.05. The number of β-amino-alcohol motifs (C(OH)–C–C–N with tert-alkyl or cyclic N) is 1. The summed E-state index contributed by atoms with van der Waals surface area (Å²) in [5, 5.41) is 10.8. The number of amides is 1. The molecule has 5 heteroatoms. The fourth-order valence-electron chi connectivity index (χ4n) is 3.01. The minimum atomic E-state index is -1.07. The first-order valence-corrected chi connectivity index (χ1v) is 7.45. The van der Waals surface area contributed by atoms with Gasteiger partial charge in [-0.25, -0.2) is 4.39 Å². The summed E-state index contributed by atoms with van der Waals surface area (Å²) in [5.74, 6) is -0.975. The van der Waals surface area contributed by atoms with Gasteiger partial charge in [0.25, 0.3) is 5.91 Å². The zero-order valence-corrected chi connectivity index (χ0v) is 12.8. The van der Waals surface area contributed by atoms with Crippen LogP contribution < -0.4 is 4.74 Å². The highest BCUT2D eigenvalue weighted by Crippen LogP contribution is 2.33. The molecule has 1 fully saturated rings. The van der Waals surface area contributed by atoms with Gasteiger partial charge in [-0.15, -0.1) is 0 Å². The molecule has 1 aliphatic rings. The van der Waals surface area contributed by atoms with Crippen molar-refractivity contribution in [3.8, 4) is 5.75 Å². The lowest BCUT2D eigenvalue weighted by Crippen LogP contribution is -2.34. The number of carbonyl (C=O) groups is 1. The molecule has 0 saturated carbocycles. The van der Waals surface area contributed by atoms with E-state index in [2.05, 4.69) is 0 Å². The van der Waals surface area contributed by atoms with Crippen LogP contribution in [0.25, 0.3) is 0 Å². The molecule has 2 aromatic rings. The van der Waals surface area contributed by atoms with Crippen molar-refractivity contribution in [2.45, 2.75) is 12.0 Å². The van der Waals surface area contributed by atoms with Crippen LogP contribution in [0.1, 0.15) is 22.3 Å². The van der Waals surface area contributed by atoms with Gasteiger partial charge >= 0.3 is 0 Å². The molecule has 0 radical (unpaired) electrons. The number of likely N-dealkylation sites (tertiary alicyclic amines) is 1. The highest BCUT2D eigenvalue weighted by Gasteiger charge is 2.40. The maximum absolute atomic E-state index is 13.8. The topological polar surface area (TPSA) is 49.8 Å². The first-order chi connectivity index (χ1) is 11.0. The van der Waals surface area contributed by atoms with Crippen LogP contribution in [0.2, 0.25) is 0 Å². The quantitative estimate of drug-likeness (QED) is 0.947. The second-order valence-corrected chi connectivity index (χ2v) is 5.69. The molecule has 2 aromatic carbocycles. The van der Waals surface area contributed by atoms with Gasteiger partial charge in [0.05, 0.1) is 19.2 Å². The summed E-state index contributed by atoms with van der Waals surface area (Å²) in [4.78, 5) is 14.2. The van der Waals surface area contributed by atoms with E-state index in [1.54, 1.807) is 0 Å². The van der Waals surface area contributed by atoms with E-state index in [1.807, 2.05) is 30.3 Å². The predicted molar refractivity (Wildman–Crippen MR) is 83.8 cm³/mol. The third-order valence-electron chi connectivity index (χ3n) is 4.25. The number of methoxy groups -OCH3 is 1. The SMILES string of the molecule is COc1c(F)cccc1C(=O)N1CC[C@](O)(c2ccccc2)C1. The minimum absolute atomic E-state index is 0.0624. The molecular formula is C18H18FNO3. The molecule has 120 valence electrons. The van der Waals surface area contributed by atoms with E-state index in [0.29, 0.717) is 13.0 Å². The smallest absolute Gasteiger partial charge is 0.257 e. The maximum Gasteiger partial charge on any atom is 0.257 e. The summed E-state index contributed by atoms with van der Waals surface area (Å²) in [6.45, 7) is 0.583. The molecule has 23 heavy (non-hydrogen) atoms. The zero-order valence-electron chi connectivity index (χ0n) is 12.8. The maximum atomic E-state index is 13.8. The van der Waals surface area contributed by atoms with Crippen LogP contribution in [0.3, 0.4) is 0 Å². The molecule has 0 bridgehead atoms. The first kappa shape index (κ1) is 15.5. The van der Waals surface area contributed by atoms with Crippen LogP contribution in [0.5, 0.6) is 5.75 Å². The lowest BCUT2D eigenvalue weighted by atomic mass is 9.93. The number of aliphatic hydroxyl groups is 1. The molecule has 0 unspecified atom stereocenters. The number of carbonyl (C=O) groups excluding carboxylic acids is 1. The Balaban J connectivity index is 1.85. The Morgan fingerprint density at radius 2 is 1.96 bits per heavy atom. The highest BCUT2D eigenvalue weighted by molar-refractivity contribution is 5.97. The third kappa shape index (κ3) is 2.80. The van der Waals surface area contributed by atoms with Gasteiger partial charge in [-0.3, -0.25) is 4.79 Å². The summed E-state index contributed by atoms with van der Waals surface area (Å²) in [5.41, 5.74) is -0.122. The normalized spacial score (nSPS) is 20.6. The zero-order chi connectivity index (χ0) is 16.4. The van der Waals surface area contributed by atoms with Crippen molar-refractivity contribution in [1.29, 1.82) is 0 Å². The molecular weight excluding hydrogens is 297 g/mol. The number of ether oxygens (including phenoxy) is 1. The molecule has 0 spiro atoms. The molecule has 1 aliphatic heterocycles. The van der Waals surface area contributed by atoms with Crippen molar-refractivity contribution in [3.05, 3.63) is 65.5 Å². The standard InChI is InChI=1S/C18H18FNO3/c1-23-16-14(8-5-9-15(16)19)17(21)20-11-10-18(22,12-20)13-6-3-2-4-7-13/h2-9,22H,10-12H2,1H3/t18-/m1/s1. The Morgan fingerprint density at radius 3 is 2.65 bits per heavy atom. The molecule has 0 aromatic heterocycles. The van der Waals surface area contributed by atoms with E-state index in [0.717, 1.165) is 5.56 Å². The van der Waals surface area contributed by atoms with Crippen molar-refractivity contribution in [3.63, 3.8) is 0 Å². The summed E-state index contributed by atoms with van der Waals surface area (Å²) in [6, 6.07) is 13.5. The molecule has 1 saturated heterocycles. The Labute approximate surface area is 134 Å². The van der Waals surface area contributed by atoms with E-state index in [4.69, 9.17) is 4.74 Å². The number of halogens is 1. The third-order valence-corrected chi connectivity index (χ3v) is 4.25. The molecule has 1 atom stereocenters. The van der Waals surface area contributed by atoms with Crippen molar-refractivity contribution < 1.29 is 19.0 Å². The second-order valence-electron chi connectivity index (χ2n) is 5.69. The Hall–Kier alpha value is -2.40. The van der Waals surface area contributed by atoms with E-state index in [1.165, 1.54) is 30.2 Å². The molecule has 1 amide bonds. The van der Waals surface area contributed by atoms with Gasteiger partial charge in [-0.1, -0.05) is 36.4 Å². The number of hydrogen-bond acceptors (Lipinski definition) is 3. The van der Waals surface area contributed by atoms with Crippen molar-refractivity contribution >= 4 is 5.91 Å². The van der Waals surface area contributed by atoms with Crippen LogP contribution >= 0.6 is 0 Å². The van der Waals surface area contributed by atoms with Crippen molar-refractivity contribution in [2.24, 2.45) is 0 Å². The lowest BCUT2D eigenvalue weighted by Gasteiger charge is -2.24. The number of hydrogen-bond donors (Lipinski definition) is 1. The van der Waals surface area contributed by atoms with Crippen molar-refractivity contribution in [1.82, 2.24) is 4.90 Å². The van der Waals surface area contributed by atoms with Gasteiger partial charge in [-0.2, -0.15) is 0 Å². The summed E-state index contributed by atoms with van der Waals surface area (Å²) < 4.78 is 18.8. The molecule has 3 rings (SSSR count). The Bertz CT molecular complexity index is 719. The van der Waals surface area contributed by atoms with Gasteiger partial charge in [0.15, 0.2) is 11.6 Å². The van der Waals surface area contributed by atoms with Crippen molar-refractivity contribution in [2.75, 3.05) is 20.2 Å². The molecule has 0 aliphatic carbocycles. The average Bonchev–Trinajstić information content (AvgIpc) is 2.98. The van der Waals surface area contributed by atoms with E-state index >= 15 is 0 Å². The monoisotopic (exact) mass is 315 g/mol. The number of benzene rings is 2. The lowest BCUT2D eigenvalue weighted by molar-refractivity contribution is 0.0416. The number of nitrogens with zero attached hydrogens (tertiary/aromatic N) is 1. The van der Waals surface area contributed by atoms with E-state index in [9.17, 15) is 14.3 Å². The molecule has 1 N–H and O–H groups in total. The number of rotatable bonds is 3.